The van der Waals surface area contributed by atoms with Crippen LogP contribution in [0.3, 0.4) is 0 Å². The Morgan fingerprint density at radius 3 is 2.05 bits per heavy atom. The fourth-order valence-electron chi connectivity index (χ4n) is 4.89. The smallest absolute Gasteiger partial charge is 0.256 e. The predicted octanol–water partition coefficient (Wildman–Crippen LogP) is 4.76. The van der Waals surface area contributed by atoms with Crippen LogP contribution in [0.25, 0.3) is 33.2 Å². The molecular weight excluding hydrogens is 484 g/mol. The van der Waals surface area contributed by atoms with Crippen molar-refractivity contribution in [3.8, 4) is 22.3 Å². The van der Waals surface area contributed by atoms with E-state index >= 15 is 0 Å². The van der Waals surface area contributed by atoms with Gasteiger partial charge in [0.1, 0.15) is 0 Å². The Kier molecular flexibility index (Phi) is 6.79. The van der Waals surface area contributed by atoms with Crippen molar-refractivity contribution in [2.45, 2.75) is 19.9 Å². The van der Waals surface area contributed by atoms with Crippen LogP contribution < -0.4 is 15.2 Å². The summed E-state index contributed by atoms with van der Waals surface area (Å²) in [6, 6.07) is 24.0. The van der Waals surface area contributed by atoms with E-state index in [4.69, 9.17) is 0 Å². The number of hydrogen-bond acceptors (Lipinski definition) is 5. The number of benzene rings is 3. The molecule has 0 bridgehead atoms. The highest BCUT2D eigenvalue weighted by molar-refractivity contribution is 7.92. The molecule has 1 aliphatic rings. The Bertz CT molecular complexity index is 1570. The summed E-state index contributed by atoms with van der Waals surface area (Å²) < 4.78 is 25.4. The van der Waals surface area contributed by atoms with Gasteiger partial charge in [0.2, 0.25) is 10.0 Å². The zero-order valence-electron chi connectivity index (χ0n) is 21.4. The van der Waals surface area contributed by atoms with Crippen LogP contribution in [0, 0.1) is 0 Å². The first kappa shape index (κ1) is 25.0. The van der Waals surface area contributed by atoms with Crippen LogP contribution in [0.2, 0.25) is 0 Å². The highest BCUT2D eigenvalue weighted by Crippen LogP contribution is 2.28. The molecule has 1 aromatic heterocycles. The maximum absolute atomic E-state index is 12.8. The number of pyridine rings is 1. The van der Waals surface area contributed by atoms with Gasteiger partial charge < -0.3 is 9.88 Å². The van der Waals surface area contributed by atoms with E-state index in [9.17, 15) is 13.2 Å². The molecule has 0 atom stereocenters. The number of anilines is 2. The van der Waals surface area contributed by atoms with Gasteiger partial charge in [0.05, 0.1) is 6.26 Å². The average Bonchev–Trinajstić information content (AvgIpc) is 2.88. The molecule has 2 heterocycles. The zero-order valence-corrected chi connectivity index (χ0v) is 22.2. The van der Waals surface area contributed by atoms with Crippen LogP contribution >= 0.6 is 0 Å². The van der Waals surface area contributed by atoms with Gasteiger partial charge in [0.25, 0.3) is 5.56 Å². The maximum Gasteiger partial charge on any atom is 0.256 e. The standard InChI is InChI=1S/C29H32N4O3S/c1-20(2)32-14-16-33(17-15-32)26-11-6-21(7-12-26)23-8-13-28-24(18-23)19-27(29(34)30-28)22-4-9-25(10-5-22)31-37(3,35)36/h4-13,18-20,31H,14-17H2,1-3H3,(H,30,34). The number of sulfonamides is 1. The van der Waals surface area contributed by atoms with E-state index in [-0.39, 0.29) is 5.56 Å². The van der Waals surface area contributed by atoms with Crippen molar-refractivity contribution in [2.75, 3.05) is 42.1 Å². The van der Waals surface area contributed by atoms with Crippen molar-refractivity contribution in [2.24, 2.45) is 0 Å². The van der Waals surface area contributed by atoms with Gasteiger partial charge in [-0.05, 0) is 78.4 Å². The molecule has 192 valence electrons. The minimum atomic E-state index is -3.36. The van der Waals surface area contributed by atoms with Crippen LogP contribution in [-0.2, 0) is 10.0 Å². The number of fused-ring (bicyclic) bond motifs is 1. The molecule has 1 saturated heterocycles. The number of nitrogens with one attached hydrogen (secondary N) is 2. The van der Waals surface area contributed by atoms with E-state index in [1.54, 1.807) is 24.3 Å². The lowest BCUT2D eigenvalue weighted by molar-refractivity contribution is 0.209. The highest BCUT2D eigenvalue weighted by Gasteiger charge is 2.19. The topological polar surface area (TPSA) is 85.5 Å². The molecule has 1 aliphatic heterocycles. The first-order valence-electron chi connectivity index (χ1n) is 12.5. The van der Waals surface area contributed by atoms with Gasteiger partial charge in [-0.1, -0.05) is 30.3 Å². The second-order valence-electron chi connectivity index (χ2n) is 9.93. The molecule has 0 radical (unpaired) electrons. The number of H-pyrrole nitrogens is 1. The fourth-order valence-corrected chi connectivity index (χ4v) is 5.46. The van der Waals surface area contributed by atoms with E-state index in [2.05, 4.69) is 63.7 Å². The molecule has 0 unspecified atom stereocenters. The maximum atomic E-state index is 12.8. The second-order valence-corrected chi connectivity index (χ2v) is 11.7. The number of hydrogen-bond donors (Lipinski definition) is 2. The van der Waals surface area contributed by atoms with Gasteiger partial charge in [0.15, 0.2) is 0 Å². The summed E-state index contributed by atoms with van der Waals surface area (Å²) >= 11 is 0. The van der Waals surface area contributed by atoms with Crippen LogP contribution in [0.5, 0.6) is 0 Å². The van der Waals surface area contributed by atoms with Crippen molar-refractivity contribution in [1.29, 1.82) is 0 Å². The SMILES string of the molecule is CC(C)N1CCN(c2ccc(-c3ccc4[nH]c(=O)c(-c5ccc(NS(C)(=O)=O)cc5)cc4c3)cc2)CC1. The molecule has 0 aliphatic carbocycles. The molecule has 8 heteroatoms. The summed E-state index contributed by atoms with van der Waals surface area (Å²) in [5.41, 5.74) is 5.73. The van der Waals surface area contributed by atoms with E-state index in [0.717, 1.165) is 60.0 Å². The second kappa shape index (κ2) is 10.0. The van der Waals surface area contributed by atoms with Crippen LogP contribution in [0.1, 0.15) is 13.8 Å². The monoisotopic (exact) mass is 516 g/mol. The Morgan fingerprint density at radius 2 is 1.43 bits per heavy atom. The zero-order chi connectivity index (χ0) is 26.2. The van der Waals surface area contributed by atoms with Crippen molar-refractivity contribution >= 4 is 32.3 Å². The third kappa shape index (κ3) is 5.70. The van der Waals surface area contributed by atoms with E-state index in [0.29, 0.717) is 17.3 Å². The molecule has 4 aromatic rings. The van der Waals surface area contributed by atoms with Gasteiger partial charge >= 0.3 is 0 Å². The van der Waals surface area contributed by atoms with Crippen molar-refractivity contribution in [1.82, 2.24) is 9.88 Å². The molecule has 3 aromatic carbocycles. The minimum Gasteiger partial charge on any atom is -0.369 e. The third-order valence-electron chi connectivity index (χ3n) is 6.95. The summed E-state index contributed by atoms with van der Waals surface area (Å²) in [7, 11) is -3.36. The Balaban J connectivity index is 1.39. The summed E-state index contributed by atoms with van der Waals surface area (Å²) in [6.45, 7) is 8.75. The van der Waals surface area contributed by atoms with E-state index < -0.39 is 10.0 Å². The summed E-state index contributed by atoms with van der Waals surface area (Å²) in [6.07, 6.45) is 1.11. The third-order valence-corrected chi connectivity index (χ3v) is 7.56. The molecule has 0 spiro atoms. The normalized spacial score (nSPS) is 14.9. The van der Waals surface area contributed by atoms with Crippen LogP contribution in [-0.4, -0.2) is 56.8 Å². The van der Waals surface area contributed by atoms with Crippen molar-refractivity contribution < 1.29 is 8.42 Å². The lowest BCUT2D eigenvalue weighted by Gasteiger charge is -2.38. The Morgan fingerprint density at radius 1 is 0.811 bits per heavy atom. The number of rotatable bonds is 6. The molecular formula is C29H32N4O3S. The number of aromatic amines is 1. The predicted molar refractivity (Wildman–Crippen MR) is 153 cm³/mol. The lowest BCUT2D eigenvalue weighted by Crippen LogP contribution is -2.48. The first-order valence-corrected chi connectivity index (χ1v) is 14.4. The highest BCUT2D eigenvalue weighted by atomic mass is 32.2. The molecule has 0 saturated carbocycles. The summed E-state index contributed by atoms with van der Waals surface area (Å²) in [5.74, 6) is 0. The number of piperazine rings is 1. The van der Waals surface area contributed by atoms with Gasteiger partial charge in [-0.25, -0.2) is 8.42 Å². The number of nitrogens with zero attached hydrogens (tertiary/aromatic N) is 2. The minimum absolute atomic E-state index is 0.189. The molecule has 37 heavy (non-hydrogen) atoms. The quantitative estimate of drug-likeness (QED) is 0.386. The molecule has 2 N–H and O–H groups in total. The first-order chi connectivity index (χ1) is 17.7. The van der Waals surface area contributed by atoms with E-state index in [1.165, 1.54) is 5.69 Å². The largest absolute Gasteiger partial charge is 0.369 e. The molecule has 1 fully saturated rings. The lowest BCUT2D eigenvalue weighted by atomic mass is 10.0. The van der Waals surface area contributed by atoms with Gasteiger partial charge in [-0.2, -0.15) is 0 Å². The molecule has 7 nitrogen and oxygen atoms in total. The summed E-state index contributed by atoms with van der Waals surface area (Å²) in [4.78, 5) is 20.7. The van der Waals surface area contributed by atoms with Gasteiger partial charge in [0, 0.05) is 54.7 Å². The van der Waals surface area contributed by atoms with Crippen LogP contribution in [0.15, 0.2) is 77.6 Å². The van der Waals surface area contributed by atoms with E-state index in [1.807, 2.05) is 18.2 Å². The van der Waals surface area contributed by atoms with Gasteiger partial charge in [-0.15, -0.1) is 0 Å². The van der Waals surface area contributed by atoms with Crippen LogP contribution in [0.4, 0.5) is 11.4 Å². The Labute approximate surface area is 217 Å². The van der Waals surface area contributed by atoms with Crippen molar-refractivity contribution in [3.63, 3.8) is 0 Å². The average molecular weight is 517 g/mol. The fraction of sp³-hybridized carbons (Fsp3) is 0.276. The molecule has 5 rings (SSSR count). The Hall–Kier alpha value is -3.62. The number of aromatic nitrogens is 1. The van der Waals surface area contributed by atoms with Crippen molar-refractivity contribution in [3.05, 3.63) is 83.2 Å². The van der Waals surface area contributed by atoms with Gasteiger partial charge in [-0.3, -0.25) is 14.4 Å². The molecule has 0 amide bonds. The summed E-state index contributed by atoms with van der Waals surface area (Å²) in [5, 5.41) is 0.930.